The minimum absolute atomic E-state index is 0.0186. The lowest BCUT2D eigenvalue weighted by Crippen LogP contribution is -2.31. The van der Waals surface area contributed by atoms with Crippen LogP contribution in [0.25, 0.3) is 11.0 Å². The second-order valence-electron chi connectivity index (χ2n) is 8.02. The molecule has 170 valence electrons. The van der Waals surface area contributed by atoms with Crippen LogP contribution >= 0.6 is 0 Å². The van der Waals surface area contributed by atoms with E-state index in [1.165, 1.54) is 12.1 Å². The van der Waals surface area contributed by atoms with Crippen molar-refractivity contribution in [2.45, 2.75) is 12.5 Å². The molecule has 0 spiro atoms. The lowest BCUT2D eigenvalue weighted by Gasteiger charge is -2.25. The van der Waals surface area contributed by atoms with Gasteiger partial charge in [0.25, 0.3) is 11.6 Å². The number of ether oxygens (including phenoxy) is 1. The van der Waals surface area contributed by atoms with Crippen LogP contribution in [0.5, 0.6) is 5.75 Å². The van der Waals surface area contributed by atoms with Gasteiger partial charge in [0.2, 0.25) is 5.76 Å². The maximum Gasteiger partial charge on any atom is 0.290 e. The van der Waals surface area contributed by atoms with Gasteiger partial charge in [-0.2, -0.15) is 0 Å². The number of nitrogens with zero attached hydrogens (tertiary/aromatic N) is 2. The van der Waals surface area contributed by atoms with Gasteiger partial charge in [-0.25, -0.2) is 0 Å². The first kappa shape index (κ1) is 21.4. The van der Waals surface area contributed by atoms with Crippen molar-refractivity contribution in [2.75, 3.05) is 13.7 Å². The molecule has 0 unspecified atom stereocenters. The van der Waals surface area contributed by atoms with Crippen molar-refractivity contribution in [2.24, 2.45) is 0 Å². The van der Waals surface area contributed by atoms with E-state index in [-0.39, 0.29) is 22.4 Å². The van der Waals surface area contributed by atoms with Crippen LogP contribution in [0.3, 0.4) is 0 Å². The first-order valence-corrected chi connectivity index (χ1v) is 10.7. The maximum atomic E-state index is 13.5. The van der Waals surface area contributed by atoms with E-state index in [1.54, 1.807) is 48.4 Å². The van der Waals surface area contributed by atoms with Gasteiger partial charge in [-0.1, -0.05) is 36.4 Å². The van der Waals surface area contributed by atoms with Gasteiger partial charge in [-0.15, -0.1) is 0 Å². The molecule has 1 amide bonds. The normalized spacial score (nSPS) is 14.9. The van der Waals surface area contributed by atoms with E-state index in [0.717, 1.165) is 11.3 Å². The van der Waals surface area contributed by atoms with E-state index < -0.39 is 16.9 Å². The first-order chi connectivity index (χ1) is 16.5. The monoisotopic (exact) mass is 456 g/mol. The Balaban J connectivity index is 1.61. The third-order valence-corrected chi connectivity index (χ3v) is 6.07. The van der Waals surface area contributed by atoms with Gasteiger partial charge in [-0.05, 0) is 41.8 Å². The summed E-state index contributed by atoms with van der Waals surface area (Å²) in [7, 11) is 1.59. The number of hydrogen-bond donors (Lipinski definition) is 0. The Morgan fingerprint density at radius 3 is 2.53 bits per heavy atom. The quantitative estimate of drug-likeness (QED) is 0.313. The predicted octanol–water partition coefficient (Wildman–Crippen LogP) is 4.50. The maximum absolute atomic E-state index is 13.5. The number of benzene rings is 3. The number of amides is 1. The third-order valence-electron chi connectivity index (χ3n) is 6.07. The fourth-order valence-electron chi connectivity index (χ4n) is 4.39. The van der Waals surface area contributed by atoms with Gasteiger partial charge in [0.05, 0.1) is 29.0 Å². The smallest absolute Gasteiger partial charge is 0.290 e. The molecule has 3 aromatic carbocycles. The number of para-hydroxylation sites is 1. The van der Waals surface area contributed by atoms with Gasteiger partial charge in [0.1, 0.15) is 11.3 Å². The number of nitro benzene ring substituents is 1. The summed E-state index contributed by atoms with van der Waals surface area (Å²) < 4.78 is 11.1. The van der Waals surface area contributed by atoms with Crippen molar-refractivity contribution in [1.29, 1.82) is 0 Å². The van der Waals surface area contributed by atoms with Crippen LogP contribution in [0.15, 0.2) is 82.0 Å². The molecular formula is C26H20N2O6. The molecule has 4 aromatic rings. The summed E-state index contributed by atoms with van der Waals surface area (Å²) in [5, 5.41) is 11.8. The van der Waals surface area contributed by atoms with Crippen LogP contribution in [0, 0.1) is 10.1 Å². The zero-order valence-electron chi connectivity index (χ0n) is 18.3. The van der Waals surface area contributed by atoms with E-state index in [9.17, 15) is 19.7 Å². The van der Waals surface area contributed by atoms with Gasteiger partial charge in [0.15, 0.2) is 5.43 Å². The Labute approximate surface area is 194 Å². The summed E-state index contributed by atoms with van der Waals surface area (Å²) in [5.41, 5.74) is 1.58. The van der Waals surface area contributed by atoms with E-state index >= 15 is 0 Å². The molecule has 8 heteroatoms. The van der Waals surface area contributed by atoms with Gasteiger partial charge >= 0.3 is 0 Å². The molecule has 8 nitrogen and oxygen atoms in total. The van der Waals surface area contributed by atoms with Crippen LogP contribution < -0.4 is 10.2 Å². The summed E-state index contributed by atoms with van der Waals surface area (Å²) in [6, 6.07) is 19.5. The molecule has 0 saturated heterocycles. The highest BCUT2D eigenvalue weighted by Crippen LogP contribution is 2.39. The lowest BCUT2D eigenvalue weighted by molar-refractivity contribution is -0.384. The SMILES string of the molecule is COc1ccc(CCN2C(=O)c3oc4ccccc4c(=O)c3[C@H]2c2cccc([N+](=O)[O-])c2)cc1. The molecule has 1 atom stereocenters. The molecule has 0 radical (unpaired) electrons. The largest absolute Gasteiger partial charge is 0.497 e. The highest BCUT2D eigenvalue weighted by atomic mass is 16.6. The topological polar surface area (TPSA) is 103 Å². The van der Waals surface area contributed by atoms with Crippen LogP contribution in [0.4, 0.5) is 5.69 Å². The molecule has 0 fully saturated rings. The summed E-state index contributed by atoms with van der Waals surface area (Å²) in [5.74, 6) is 0.294. The van der Waals surface area contributed by atoms with E-state index in [1.807, 2.05) is 24.3 Å². The fourth-order valence-corrected chi connectivity index (χ4v) is 4.39. The number of carbonyl (C=O) groups is 1. The minimum atomic E-state index is -0.790. The summed E-state index contributed by atoms with van der Waals surface area (Å²) in [6.45, 7) is 0.290. The number of methoxy groups -OCH3 is 1. The van der Waals surface area contributed by atoms with E-state index in [4.69, 9.17) is 9.15 Å². The molecular weight excluding hydrogens is 436 g/mol. The number of hydrogen-bond acceptors (Lipinski definition) is 6. The Bertz CT molecular complexity index is 1480. The van der Waals surface area contributed by atoms with Crippen molar-refractivity contribution in [3.05, 3.63) is 116 Å². The molecule has 34 heavy (non-hydrogen) atoms. The standard InChI is InChI=1S/C26H20N2O6/c1-33-19-11-9-16(10-12-19)13-14-27-23(17-5-4-6-18(15-17)28(31)32)22-24(29)20-7-2-3-8-21(20)34-25(22)26(27)30/h2-12,15,23H,13-14H2,1H3/t23-/m1/s1. The number of carbonyl (C=O) groups excluding carboxylic acids is 1. The second-order valence-corrected chi connectivity index (χ2v) is 8.02. The Kier molecular flexibility index (Phi) is 5.33. The van der Waals surface area contributed by atoms with Crippen LogP contribution in [-0.2, 0) is 6.42 Å². The molecule has 5 rings (SSSR count). The molecule has 2 heterocycles. The summed E-state index contributed by atoms with van der Waals surface area (Å²) >= 11 is 0. The Hall–Kier alpha value is -4.46. The van der Waals surface area contributed by atoms with E-state index in [2.05, 4.69) is 0 Å². The van der Waals surface area contributed by atoms with Crippen LogP contribution in [0.1, 0.15) is 33.3 Å². The van der Waals surface area contributed by atoms with Gasteiger partial charge in [0, 0.05) is 18.7 Å². The number of rotatable bonds is 6. The lowest BCUT2D eigenvalue weighted by atomic mass is 9.98. The van der Waals surface area contributed by atoms with Gasteiger partial charge in [-0.3, -0.25) is 19.7 Å². The van der Waals surface area contributed by atoms with Crippen molar-refractivity contribution in [1.82, 2.24) is 4.90 Å². The molecule has 1 aliphatic heterocycles. The molecule has 0 N–H and O–H groups in total. The summed E-state index contributed by atoms with van der Waals surface area (Å²) in [6.07, 6.45) is 0.517. The van der Waals surface area contributed by atoms with Gasteiger partial charge < -0.3 is 14.1 Å². The predicted molar refractivity (Wildman–Crippen MR) is 125 cm³/mol. The first-order valence-electron chi connectivity index (χ1n) is 10.7. The molecule has 1 aromatic heterocycles. The molecule has 1 aliphatic rings. The number of non-ortho nitro benzene ring substituents is 1. The zero-order valence-corrected chi connectivity index (χ0v) is 18.3. The van der Waals surface area contributed by atoms with Crippen molar-refractivity contribution < 1.29 is 18.9 Å². The van der Waals surface area contributed by atoms with Crippen LogP contribution in [-0.4, -0.2) is 29.4 Å². The molecule has 0 bridgehead atoms. The number of fused-ring (bicyclic) bond motifs is 2. The molecule has 0 saturated carbocycles. The van der Waals surface area contributed by atoms with Crippen LogP contribution in [0.2, 0.25) is 0 Å². The fraction of sp³-hybridized carbons (Fsp3) is 0.154. The minimum Gasteiger partial charge on any atom is -0.497 e. The highest BCUT2D eigenvalue weighted by Gasteiger charge is 2.42. The van der Waals surface area contributed by atoms with Crippen molar-refractivity contribution >= 4 is 22.6 Å². The third kappa shape index (κ3) is 3.59. The summed E-state index contributed by atoms with van der Waals surface area (Å²) in [4.78, 5) is 39.4. The van der Waals surface area contributed by atoms with Crippen molar-refractivity contribution in [3.8, 4) is 5.75 Å². The van der Waals surface area contributed by atoms with E-state index in [0.29, 0.717) is 29.5 Å². The Morgan fingerprint density at radius 2 is 1.79 bits per heavy atom. The highest BCUT2D eigenvalue weighted by molar-refractivity contribution is 5.99. The average molecular weight is 456 g/mol. The number of nitro groups is 1. The average Bonchev–Trinajstić information content (AvgIpc) is 3.15. The zero-order chi connectivity index (χ0) is 23.8. The van der Waals surface area contributed by atoms with Crippen molar-refractivity contribution in [3.63, 3.8) is 0 Å². The molecule has 0 aliphatic carbocycles. The second kappa shape index (κ2) is 8.47. The Morgan fingerprint density at radius 1 is 1.03 bits per heavy atom.